The molecule has 1 aliphatic rings. The van der Waals surface area contributed by atoms with Gasteiger partial charge in [-0.3, -0.25) is 0 Å². The third-order valence-electron chi connectivity index (χ3n) is 3.83. The highest BCUT2D eigenvalue weighted by atomic mass is 79.9. The lowest BCUT2D eigenvalue weighted by atomic mass is 9.90. The van der Waals surface area contributed by atoms with Crippen molar-refractivity contribution in [1.29, 1.82) is 0 Å². The van der Waals surface area contributed by atoms with Crippen molar-refractivity contribution in [3.63, 3.8) is 0 Å². The number of rotatable bonds is 2. The average molecular weight is 350 g/mol. The number of hydrogen-bond acceptors (Lipinski definition) is 2. The lowest BCUT2D eigenvalue weighted by Gasteiger charge is -2.34. The Labute approximate surface area is 122 Å². The number of piperidine rings is 1. The monoisotopic (exact) mass is 349 g/mol. The third-order valence-corrected chi connectivity index (χ3v) is 6.33. The van der Waals surface area contributed by atoms with Crippen LogP contribution in [0, 0.1) is 17.7 Å². The third kappa shape index (κ3) is 3.01. The summed E-state index contributed by atoms with van der Waals surface area (Å²) in [6.07, 6.45) is 0.847. The van der Waals surface area contributed by atoms with E-state index in [2.05, 4.69) is 29.8 Å². The number of benzene rings is 1. The summed E-state index contributed by atoms with van der Waals surface area (Å²) in [4.78, 5) is 0.0231. The van der Waals surface area contributed by atoms with Crippen LogP contribution in [0.1, 0.15) is 20.3 Å². The van der Waals surface area contributed by atoms with Crippen LogP contribution in [-0.4, -0.2) is 25.8 Å². The summed E-state index contributed by atoms with van der Waals surface area (Å²) in [5.41, 5.74) is 0. The van der Waals surface area contributed by atoms with Gasteiger partial charge in [0.2, 0.25) is 10.0 Å². The van der Waals surface area contributed by atoms with E-state index in [1.54, 1.807) is 0 Å². The first-order chi connectivity index (χ1) is 8.82. The molecule has 2 atom stereocenters. The SMILES string of the molecule is CC1CCN(S(=O)(=O)c2ccc(Br)c(F)c2)CC1C. The van der Waals surface area contributed by atoms with Crippen molar-refractivity contribution in [2.24, 2.45) is 11.8 Å². The molecular weight excluding hydrogens is 333 g/mol. The highest BCUT2D eigenvalue weighted by molar-refractivity contribution is 9.10. The van der Waals surface area contributed by atoms with Crippen LogP contribution in [0.3, 0.4) is 0 Å². The molecule has 1 aromatic rings. The van der Waals surface area contributed by atoms with Crippen LogP contribution in [0.25, 0.3) is 0 Å². The molecule has 1 saturated heterocycles. The maximum Gasteiger partial charge on any atom is 0.243 e. The summed E-state index contributed by atoms with van der Waals surface area (Å²) in [7, 11) is -3.59. The van der Waals surface area contributed by atoms with Crippen molar-refractivity contribution in [3.05, 3.63) is 28.5 Å². The lowest BCUT2D eigenvalue weighted by Crippen LogP contribution is -2.42. The van der Waals surface area contributed by atoms with E-state index in [0.717, 1.165) is 12.5 Å². The zero-order valence-corrected chi connectivity index (χ0v) is 13.3. The van der Waals surface area contributed by atoms with Crippen LogP contribution in [0.15, 0.2) is 27.6 Å². The summed E-state index contributed by atoms with van der Waals surface area (Å²) in [6.45, 7) is 5.19. The predicted octanol–water partition coefficient (Wildman–Crippen LogP) is 3.25. The molecule has 0 bridgehead atoms. The van der Waals surface area contributed by atoms with Crippen molar-refractivity contribution < 1.29 is 12.8 Å². The molecule has 2 rings (SSSR count). The molecule has 1 aromatic carbocycles. The van der Waals surface area contributed by atoms with Gasteiger partial charge in [-0.15, -0.1) is 0 Å². The Hall–Kier alpha value is -0.460. The van der Waals surface area contributed by atoms with E-state index in [9.17, 15) is 12.8 Å². The minimum absolute atomic E-state index is 0.0231. The summed E-state index contributed by atoms with van der Waals surface area (Å²) in [5.74, 6) is 0.288. The lowest BCUT2D eigenvalue weighted by molar-refractivity contribution is 0.212. The van der Waals surface area contributed by atoms with Crippen LogP contribution in [-0.2, 0) is 10.0 Å². The van der Waals surface area contributed by atoms with Crippen molar-refractivity contribution in [2.45, 2.75) is 25.2 Å². The molecule has 0 aliphatic carbocycles. The van der Waals surface area contributed by atoms with Gasteiger partial charge >= 0.3 is 0 Å². The second-order valence-electron chi connectivity index (χ2n) is 5.18. The highest BCUT2D eigenvalue weighted by Gasteiger charge is 2.31. The highest BCUT2D eigenvalue weighted by Crippen LogP contribution is 2.28. The van der Waals surface area contributed by atoms with Gasteiger partial charge in [0.1, 0.15) is 5.82 Å². The Bertz CT molecular complexity index is 576. The van der Waals surface area contributed by atoms with Gasteiger partial charge in [0.15, 0.2) is 0 Å². The summed E-state index contributed by atoms with van der Waals surface area (Å²) < 4.78 is 40.1. The maximum atomic E-state index is 13.5. The first-order valence-corrected chi connectivity index (χ1v) is 8.51. The molecule has 0 radical (unpaired) electrons. The maximum absolute atomic E-state index is 13.5. The molecule has 6 heteroatoms. The summed E-state index contributed by atoms with van der Waals surface area (Å²) >= 11 is 3.03. The molecule has 3 nitrogen and oxygen atoms in total. The normalized spacial score (nSPS) is 25.5. The van der Waals surface area contributed by atoms with E-state index in [1.165, 1.54) is 16.4 Å². The molecule has 0 amide bonds. The number of nitrogens with zero attached hydrogens (tertiary/aromatic N) is 1. The molecule has 2 unspecified atom stereocenters. The first kappa shape index (κ1) is 14.9. The van der Waals surface area contributed by atoms with Crippen LogP contribution in [0.5, 0.6) is 0 Å². The average Bonchev–Trinajstić information content (AvgIpc) is 2.35. The van der Waals surface area contributed by atoms with Crippen molar-refractivity contribution in [1.82, 2.24) is 4.31 Å². The van der Waals surface area contributed by atoms with Crippen LogP contribution in [0.2, 0.25) is 0 Å². The van der Waals surface area contributed by atoms with E-state index in [1.807, 2.05) is 0 Å². The molecule has 0 aromatic heterocycles. The number of halogens is 2. The van der Waals surface area contributed by atoms with E-state index in [4.69, 9.17) is 0 Å². The van der Waals surface area contributed by atoms with E-state index >= 15 is 0 Å². The predicted molar refractivity (Wildman–Crippen MR) is 75.8 cm³/mol. The van der Waals surface area contributed by atoms with Crippen molar-refractivity contribution >= 4 is 26.0 Å². The van der Waals surface area contributed by atoms with Gasteiger partial charge in [-0.25, -0.2) is 12.8 Å². The van der Waals surface area contributed by atoms with Crippen molar-refractivity contribution in [2.75, 3.05) is 13.1 Å². The summed E-state index contributed by atoms with van der Waals surface area (Å²) in [6, 6.07) is 3.94. The zero-order valence-electron chi connectivity index (χ0n) is 10.9. The standard InChI is InChI=1S/C13H17BrFNO2S/c1-9-5-6-16(8-10(9)2)19(17,18)11-3-4-12(14)13(15)7-11/h3-4,7,9-10H,5-6,8H2,1-2H3. The molecule has 1 aliphatic heterocycles. The molecule has 19 heavy (non-hydrogen) atoms. The van der Waals surface area contributed by atoms with Crippen LogP contribution < -0.4 is 0 Å². The van der Waals surface area contributed by atoms with Gasteiger partial charge in [0, 0.05) is 13.1 Å². The largest absolute Gasteiger partial charge is 0.243 e. The quantitative estimate of drug-likeness (QED) is 0.821. The Kier molecular flexibility index (Phi) is 4.32. The number of sulfonamides is 1. The molecule has 0 saturated carbocycles. The fraction of sp³-hybridized carbons (Fsp3) is 0.538. The summed E-state index contributed by atoms with van der Waals surface area (Å²) in [5, 5.41) is 0. The Morgan fingerprint density at radius 3 is 2.58 bits per heavy atom. The van der Waals surface area contributed by atoms with Gasteiger partial charge in [0.05, 0.1) is 9.37 Å². The van der Waals surface area contributed by atoms with Gasteiger partial charge in [-0.2, -0.15) is 4.31 Å². The fourth-order valence-electron chi connectivity index (χ4n) is 2.23. The molecule has 0 spiro atoms. The van der Waals surface area contributed by atoms with Crippen LogP contribution >= 0.6 is 15.9 Å². The first-order valence-electron chi connectivity index (χ1n) is 6.27. The number of hydrogen-bond donors (Lipinski definition) is 0. The fourth-order valence-corrected chi connectivity index (χ4v) is 4.04. The zero-order chi connectivity index (χ0) is 14.2. The van der Waals surface area contributed by atoms with Crippen LogP contribution in [0.4, 0.5) is 4.39 Å². The van der Waals surface area contributed by atoms with Gasteiger partial charge in [-0.1, -0.05) is 13.8 Å². The van der Waals surface area contributed by atoms with Gasteiger partial charge in [0.25, 0.3) is 0 Å². The molecule has 106 valence electrons. The van der Waals surface area contributed by atoms with Crippen molar-refractivity contribution in [3.8, 4) is 0 Å². The van der Waals surface area contributed by atoms with E-state index in [-0.39, 0.29) is 9.37 Å². The molecule has 1 fully saturated rings. The Balaban J connectivity index is 2.29. The molecule has 1 heterocycles. The smallest absolute Gasteiger partial charge is 0.207 e. The minimum Gasteiger partial charge on any atom is -0.207 e. The van der Waals surface area contributed by atoms with E-state index < -0.39 is 15.8 Å². The Morgan fingerprint density at radius 1 is 1.32 bits per heavy atom. The topological polar surface area (TPSA) is 37.4 Å². The van der Waals surface area contributed by atoms with Gasteiger partial charge in [-0.05, 0) is 52.4 Å². The van der Waals surface area contributed by atoms with E-state index in [0.29, 0.717) is 24.9 Å². The molecule has 0 N–H and O–H groups in total. The second kappa shape index (κ2) is 5.50. The van der Waals surface area contributed by atoms with Gasteiger partial charge < -0.3 is 0 Å². The Morgan fingerprint density at radius 2 is 2.00 bits per heavy atom. The minimum atomic E-state index is -3.59. The second-order valence-corrected chi connectivity index (χ2v) is 7.97. The molecular formula is C13H17BrFNO2S.